The van der Waals surface area contributed by atoms with Crippen molar-refractivity contribution in [2.45, 2.75) is 24.3 Å². The second-order valence-electron chi connectivity index (χ2n) is 5.02. The number of hydrogen-bond donors (Lipinski definition) is 1. The highest BCUT2D eigenvalue weighted by Gasteiger charge is 2.40. The molecule has 2 atom stereocenters. The van der Waals surface area contributed by atoms with Gasteiger partial charge in [-0.25, -0.2) is 8.42 Å². The van der Waals surface area contributed by atoms with Crippen molar-refractivity contribution in [3.63, 3.8) is 0 Å². The summed E-state index contributed by atoms with van der Waals surface area (Å²) in [5, 5.41) is 9.46. The highest BCUT2D eigenvalue weighted by Crippen LogP contribution is 2.40. The van der Waals surface area contributed by atoms with E-state index >= 15 is 0 Å². The van der Waals surface area contributed by atoms with Crippen LogP contribution in [0.5, 0.6) is 0 Å². The van der Waals surface area contributed by atoms with Crippen LogP contribution in [-0.2, 0) is 21.4 Å². The number of rotatable bonds is 3. The van der Waals surface area contributed by atoms with Crippen molar-refractivity contribution in [2.24, 2.45) is 14.6 Å². The third-order valence-electron chi connectivity index (χ3n) is 3.85. The van der Waals surface area contributed by atoms with Crippen LogP contribution in [0.25, 0.3) is 0 Å². The van der Waals surface area contributed by atoms with Gasteiger partial charge in [-0.2, -0.15) is 13.0 Å². The van der Waals surface area contributed by atoms with Crippen molar-refractivity contribution >= 4 is 32.8 Å². The van der Waals surface area contributed by atoms with Gasteiger partial charge in [-0.3, -0.25) is 0 Å². The quantitative estimate of drug-likeness (QED) is 0.938. The van der Waals surface area contributed by atoms with Crippen LogP contribution in [0.15, 0.2) is 31.8 Å². The smallest absolute Gasteiger partial charge is 0.245 e. The van der Waals surface area contributed by atoms with Crippen molar-refractivity contribution in [1.82, 2.24) is 4.31 Å². The maximum atomic E-state index is 12.8. The van der Waals surface area contributed by atoms with Gasteiger partial charge in [-0.1, -0.05) is 13.0 Å². The summed E-state index contributed by atoms with van der Waals surface area (Å²) in [6.07, 6.45) is 0.760. The predicted molar refractivity (Wildman–Crippen MR) is 76.5 cm³/mol. The SMILES string of the molecule is CC1CCN(S(=O)(=O)c2cccc3c2N=S=N3)C1CO. The fourth-order valence-corrected chi connectivity index (χ4v) is 5.14. The molecule has 6 nitrogen and oxygen atoms in total. The number of sulfonamides is 1. The summed E-state index contributed by atoms with van der Waals surface area (Å²) in [6.45, 7) is 2.23. The highest BCUT2D eigenvalue weighted by molar-refractivity contribution is 7.89. The maximum Gasteiger partial charge on any atom is 0.245 e. The van der Waals surface area contributed by atoms with E-state index in [1.165, 1.54) is 4.31 Å². The number of fused-ring (bicyclic) bond motifs is 1. The molecule has 1 aromatic carbocycles. The molecule has 1 fully saturated rings. The van der Waals surface area contributed by atoms with Crippen LogP contribution in [0, 0.1) is 5.92 Å². The lowest BCUT2D eigenvalue weighted by Gasteiger charge is -2.24. The Hall–Kier alpha value is -1.09. The first kappa shape index (κ1) is 13.9. The molecule has 2 aliphatic rings. The lowest BCUT2D eigenvalue weighted by molar-refractivity contribution is 0.191. The highest BCUT2D eigenvalue weighted by atomic mass is 32.2. The minimum atomic E-state index is -3.65. The summed E-state index contributed by atoms with van der Waals surface area (Å²) in [5.74, 6) is 0.155. The van der Waals surface area contributed by atoms with Crippen LogP contribution in [0.1, 0.15) is 13.3 Å². The van der Waals surface area contributed by atoms with E-state index in [1.54, 1.807) is 18.2 Å². The van der Waals surface area contributed by atoms with Gasteiger partial charge in [0.25, 0.3) is 0 Å². The van der Waals surface area contributed by atoms with Gasteiger partial charge in [0.2, 0.25) is 10.0 Å². The molecule has 1 saturated heterocycles. The summed E-state index contributed by atoms with van der Waals surface area (Å²) >= 11 is 1.00. The number of aliphatic hydroxyl groups is 1. The van der Waals surface area contributed by atoms with E-state index in [1.807, 2.05) is 6.92 Å². The number of benzene rings is 1. The van der Waals surface area contributed by atoms with E-state index in [4.69, 9.17) is 0 Å². The Morgan fingerprint density at radius 1 is 1.45 bits per heavy atom. The zero-order valence-corrected chi connectivity index (χ0v) is 12.6. The monoisotopic (exact) mass is 313 g/mol. The summed E-state index contributed by atoms with van der Waals surface area (Å²) < 4.78 is 35.2. The second-order valence-corrected chi connectivity index (χ2v) is 7.41. The predicted octanol–water partition coefficient (Wildman–Crippen LogP) is 1.80. The Balaban J connectivity index is 2.06. The fraction of sp³-hybridized carbons (Fsp3) is 0.500. The lowest BCUT2D eigenvalue weighted by Crippen LogP contribution is -2.39. The Bertz CT molecular complexity index is 711. The van der Waals surface area contributed by atoms with Crippen LogP contribution in [-0.4, -0.2) is 37.0 Å². The van der Waals surface area contributed by atoms with Gasteiger partial charge >= 0.3 is 0 Å². The second kappa shape index (κ2) is 5.03. The summed E-state index contributed by atoms with van der Waals surface area (Å²) in [6, 6.07) is 4.61. The van der Waals surface area contributed by atoms with E-state index < -0.39 is 10.0 Å². The van der Waals surface area contributed by atoms with Crippen molar-refractivity contribution in [3.8, 4) is 0 Å². The molecule has 3 rings (SSSR count). The molecular formula is C12H15N3O3S2. The molecule has 1 aromatic rings. The van der Waals surface area contributed by atoms with Gasteiger partial charge in [0.15, 0.2) is 0 Å². The van der Waals surface area contributed by atoms with Gasteiger partial charge < -0.3 is 5.11 Å². The standard InChI is InChI=1S/C12H15N3O3S2/c1-8-5-6-15(10(8)7-16)20(17,18)11-4-2-3-9-12(11)14-19-13-9/h2-4,8,10,16H,5-7H2,1H3. The average molecular weight is 313 g/mol. The van der Waals surface area contributed by atoms with E-state index in [2.05, 4.69) is 8.73 Å². The molecule has 108 valence electrons. The molecule has 0 aliphatic carbocycles. The Kier molecular flexibility index (Phi) is 3.49. The number of aliphatic hydroxyl groups excluding tert-OH is 1. The van der Waals surface area contributed by atoms with Gasteiger partial charge in [0.05, 0.1) is 24.0 Å². The third-order valence-corrected chi connectivity index (χ3v) is 6.35. The molecule has 2 unspecified atom stereocenters. The number of nitrogens with zero attached hydrogens (tertiary/aromatic N) is 3. The van der Waals surface area contributed by atoms with E-state index in [9.17, 15) is 13.5 Å². The molecule has 0 spiro atoms. The first-order valence-electron chi connectivity index (χ1n) is 6.39. The van der Waals surface area contributed by atoms with Crippen LogP contribution in [0.4, 0.5) is 11.4 Å². The lowest BCUT2D eigenvalue weighted by atomic mass is 10.0. The molecule has 20 heavy (non-hydrogen) atoms. The largest absolute Gasteiger partial charge is 0.395 e. The van der Waals surface area contributed by atoms with Crippen molar-refractivity contribution in [3.05, 3.63) is 18.2 Å². The molecule has 0 amide bonds. The molecule has 0 aromatic heterocycles. The van der Waals surface area contributed by atoms with Crippen LogP contribution in [0.3, 0.4) is 0 Å². The molecule has 0 bridgehead atoms. The van der Waals surface area contributed by atoms with Gasteiger partial charge in [-0.05, 0) is 24.5 Å². The van der Waals surface area contributed by atoms with Crippen molar-refractivity contribution in [1.29, 1.82) is 0 Å². The first-order valence-corrected chi connectivity index (χ1v) is 8.56. The molecular weight excluding hydrogens is 298 g/mol. The molecule has 8 heteroatoms. The first-order chi connectivity index (χ1) is 9.55. The van der Waals surface area contributed by atoms with E-state index in [-0.39, 0.29) is 23.5 Å². The molecule has 0 radical (unpaired) electrons. The number of hydrogen-bond acceptors (Lipinski definition) is 5. The zero-order chi connectivity index (χ0) is 14.3. The topological polar surface area (TPSA) is 82.3 Å². The summed E-state index contributed by atoms with van der Waals surface area (Å²) in [5.41, 5.74) is 0.998. The molecule has 2 aliphatic heterocycles. The molecule has 1 N–H and O–H groups in total. The van der Waals surface area contributed by atoms with Gasteiger partial charge in [0.1, 0.15) is 16.3 Å². The zero-order valence-electron chi connectivity index (χ0n) is 10.9. The minimum absolute atomic E-state index is 0.155. The maximum absolute atomic E-state index is 12.8. The fourth-order valence-electron chi connectivity index (χ4n) is 2.66. The Morgan fingerprint density at radius 2 is 2.25 bits per heavy atom. The van der Waals surface area contributed by atoms with Gasteiger partial charge in [0, 0.05) is 6.54 Å². The van der Waals surface area contributed by atoms with Crippen LogP contribution < -0.4 is 0 Å². The van der Waals surface area contributed by atoms with Gasteiger partial charge in [-0.15, -0.1) is 0 Å². The molecule has 2 heterocycles. The van der Waals surface area contributed by atoms with Crippen LogP contribution in [0.2, 0.25) is 0 Å². The third kappa shape index (κ3) is 2.03. The average Bonchev–Trinajstić information content (AvgIpc) is 3.03. The summed E-state index contributed by atoms with van der Waals surface area (Å²) in [7, 11) is -3.65. The Labute approximate surface area is 121 Å². The summed E-state index contributed by atoms with van der Waals surface area (Å²) in [4.78, 5) is 0.177. The van der Waals surface area contributed by atoms with Crippen molar-refractivity contribution in [2.75, 3.05) is 13.2 Å². The van der Waals surface area contributed by atoms with E-state index in [0.29, 0.717) is 17.9 Å². The van der Waals surface area contributed by atoms with Crippen molar-refractivity contribution < 1.29 is 13.5 Å². The van der Waals surface area contributed by atoms with Crippen LogP contribution >= 0.6 is 0 Å². The minimum Gasteiger partial charge on any atom is -0.395 e. The van der Waals surface area contributed by atoms with E-state index in [0.717, 1.165) is 17.8 Å². The normalized spacial score (nSPS) is 25.7. The molecule has 0 saturated carbocycles. The Morgan fingerprint density at radius 3 is 3.00 bits per heavy atom.